The van der Waals surface area contributed by atoms with Gasteiger partial charge in [-0.25, -0.2) is 8.42 Å². The Kier molecular flexibility index (Phi) is 2.87. The molecule has 5 heteroatoms. The van der Waals surface area contributed by atoms with Crippen LogP contribution in [0.4, 0.5) is 5.69 Å². The fourth-order valence-corrected chi connectivity index (χ4v) is 5.58. The van der Waals surface area contributed by atoms with E-state index in [0.29, 0.717) is 23.0 Å². The lowest BCUT2D eigenvalue weighted by atomic mass is 10.1. The summed E-state index contributed by atoms with van der Waals surface area (Å²) in [4.78, 5) is 0.319. The average Bonchev–Trinajstić information content (AvgIpc) is 2.96. The summed E-state index contributed by atoms with van der Waals surface area (Å²) in [6, 6.07) is 3.76. The third-order valence-electron chi connectivity index (χ3n) is 4.63. The zero-order valence-corrected chi connectivity index (χ0v) is 12.2. The van der Waals surface area contributed by atoms with E-state index in [1.54, 1.807) is 10.4 Å². The number of fused-ring (bicyclic) bond motifs is 2. The molecule has 0 amide bonds. The number of rotatable bonds is 2. The van der Waals surface area contributed by atoms with Gasteiger partial charge in [-0.05, 0) is 56.2 Å². The largest absolute Gasteiger partial charge is 0.398 e. The molecule has 2 N–H and O–H groups in total. The van der Waals surface area contributed by atoms with Crippen LogP contribution in [0.15, 0.2) is 17.0 Å². The van der Waals surface area contributed by atoms with E-state index in [1.807, 2.05) is 19.9 Å². The maximum atomic E-state index is 12.9. The maximum absolute atomic E-state index is 12.9. The Balaban J connectivity index is 2.09. The Morgan fingerprint density at radius 1 is 1.26 bits per heavy atom. The van der Waals surface area contributed by atoms with Gasteiger partial charge >= 0.3 is 0 Å². The minimum absolute atomic E-state index is 0.189. The fourth-order valence-electron chi connectivity index (χ4n) is 3.44. The van der Waals surface area contributed by atoms with Gasteiger partial charge in [-0.2, -0.15) is 4.31 Å². The van der Waals surface area contributed by atoms with E-state index in [0.717, 1.165) is 24.0 Å². The number of aryl methyl sites for hydroxylation is 1. The molecule has 0 aromatic heterocycles. The Hall–Kier alpha value is -1.07. The molecule has 2 atom stereocenters. The summed E-state index contributed by atoms with van der Waals surface area (Å²) in [5.41, 5.74) is 8.05. The molecule has 4 nitrogen and oxygen atoms in total. The van der Waals surface area contributed by atoms with Crippen LogP contribution in [0.1, 0.15) is 30.4 Å². The number of nitrogens with two attached hydrogens (primary N) is 1. The van der Waals surface area contributed by atoms with E-state index in [4.69, 9.17) is 5.73 Å². The molecule has 2 fully saturated rings. The van der Waals surface area contributed by atoms with Crippen LogP contribution in [0.2, 0.25) is 0 Å². The Morgan fingerprint density at radius 2 is 2.00 bits per heavy atom. The molecule has 3 rings (SSSR count). The van der Waals surface area contributed by atoms with Gasteiger partial charge in [0.05, 0.1) is 5.69 Å². The first kappa shape index (κ1) is 12.9. The standard InChI is InChI=1S/C14H20N2O2S/c1-9-3-6-13(15)14(10(9)2)19(17,18)16-8-11-4-5-12(16)7-11/h3,6,11-12H,4-5,7-8,15H2,1-2H3. The zero-order valence-electron chi connectivity index (χ0n) is 11.4. The van der Waals surface area contributed by atoms with Gasteiger partial charge in [-0.1, -0.05) is 6.07 Å². The molecular formula is C14H20N2O2S. The van der Waals surface area contributed by atoms with Crippen molar-refractivity contribution in [2.45, 2.75) is 44.0 Å². The predicted octanol–water partition coefficient (Wildman–Crippen LogP) is 2.06. The number of anilines is 1. The van der Waals surface area contributed by atoms with Gasteiger partial charge in [0.2, 0.25) is 10.0 Å². The number of hydrogen-bond donors (Lipinski definition) is 1. The van der Waals surface area contributed by atoms with Gasteiger partial charge in [-0.3, -0.25) is 0 Å². The van der Waals surface area contributed by atoms with Gasteiger partial charge < -0.3 is 5.73 Å². The second-order valence-corrected chi connectivity index (χ2v) is 7.66. The molecule has 2 unspecified atom stereocenters. The van der Waals surface area contributed by atoms with Crippen molar-refractivity contribution < 1.29 is 8.42 Å². The quantitative estimate of drug-likeness (QED) is 0.843. The van der Waals surface area contributed by atoms with Crippen LogP contribution < -0.4 is 5.73 Å². The van der Waals surface area contributed by atoms with E-state index >= 15 is 0 Å². The van der Waals surface area contributed by atoms with Crippen LogP contribution in [0.5, 0.6) is 0 Å². The van der Waals surface area contributed by atoms with Gasteiger partial charge in [0.1, 0.15) is 4.90 Å². The lowest BCUT2D eigenvalue weighted by Crippen LogP contribution is -2.38. The van der Waals surface area contributed by atoms with E-state index in [1.165, 1.54) is 6.42 Å². The first-order chi connectivity index (χ1) is 8.91. The zero-order chi connectivity index (χ0) is 13.8. The van der Waals surface area contributed by atoms with Gasteiger partial charge in [0, 0.05) is 12.6 Å². The predicted molar refractivity (Wildman–Crippen MR) is 75.3 cm³/mol. The van der Waals surface area contributed by atoms with E-state index in [-0.39, 0.29) is 6.04 Å². The SMILES string of the molecule is Cc1ccc(N)c(S(=O)(=O)N2CC3CCC2C3)c1C. The Labute approximate surface area is 114 Å². The molecule has 2 bridgehead atoms. The van der Waals surface area contributed by atoms with Crippen molar-refractivity contribution in [3.8, 4) is 0 Å². The van der Waals surface area contributed by atoms with Crippen LogP contribution in [-0.2, 0) is 10.0 Å². The van der Waals surface area contributed by atoms with Crippen LogP contribution in [0, 0.1) is 19.8 Å². The Bertz CT molecular complexity index is 625. The van der Waals surface area contributed by atoms with Gasteiger partial charge in [-0.15, -0.1) is 0 Å². The Morgan fingerprint density at radius 3 is 2.58 bits per heavy atom. The molecular weight excluding hydrogens is 260 g/mol. The molecule has 0 spiro atoms. The van der Waals surface area contributed by atoms with Crippen molar-refractivity contribution >= 4 is 15.7 Å². The highest BCUT2D eigenvalue weighted by molar-refractivity contribution is 7.89. The van der Waals surface area contributed by atoms with E-state index < -0.39 is 10.0 Å². The first-order valence-corrected chi connectivity index (χ1v) is 8.23. The molecule has 19 heavy (non-hydrogen) atoms. The molecule has 1 aliphatic carbocycles. The summed E-state index contributed by atoms with van der Waals surface area (Å²) in [7, 11) is -3.45. The number of sulfonamides is 1. The second kappa shape index (κ2) is 4.21. The third-order valence-corrected chi connectivity index (χ3v) is 6.76. The highest BCUT2D eigenvalue weighted by Gasteiger charge is 2.45. The molecule has 1 saturated carbocycles. The number of hydrogen-bond acceptors (Lipinski definition) is 3. The summed E-state index contributed by atoms with van der Waals surface area (Å²) >= 11 is 0. The number of nitrogens with zero attached hydrogens (tertiary/aromatic N) is 1. The van der Waals surface area contributed by atoms with Crippen LogP contribution in [0.25, 0.3) is 0 Å². The van der Waals surface area contributed by atoms with Gasteiger partial charge in [0.25, 0.3) is 0 Å². The van der Waals surface area contributed by atoms with Crippen molar-refractivity contribution in [1.29, 1.82) is 0 Å². The van der Waals surface area contributed by atoms with Crippen molar-refractivity contribution in [2.75, 3.05) is 12.3 Å². The highest BCUT2D eigenvalue weighted by Crippen LogP contribution is 2.42. The fraction of sp³-hybridized carbons (Fsp3) is 0.571. The summed E-state index contributed by atoms with van der Waals surface area (Å²) < 4.78 is 27.4. The lowest BCUT2D eigenvalue weighted by molar-refractivity contribution is 0.333. The number of benzene rings is 1. The summed E-state index contributed by atoms with van der Waals surface area (Å²) in [5, 5.41) is 0. The molecule has 1 aliphatic heterocycles. The second-order valence-electron chi connectivity index (χ2n) is 5.83. The normalized spacial score (nSPS) is 27.1. The minimum atomic E-state index is -3.45. The van der Waals surface area contributed by atoms with Crippen LogP contribution in [-0.4, -0.2) is 25.3 Å². The lowest BCUT2D eigenvalue weighted by Gasteiger charge is -2.27. The summed E-state index contributed by atoms with van der Waals surface area (Å²) in [6.45, 7) is 4.43. The molecule has 1 saturated heterocycles. The molecule has 104 valence electrons. The van der Waals surface area contributed by atoms with Crippen molar-refractivity contribution in [3.05, 3.63) is 23.3 Å². The third kappa shape index (κ3) is 1.87. The molecule has 2 aliphatic rings. The monoisotopic (exact) mass is 280 g/mol. The summed E-state index contributed by atoms with van der Waals surface area (Å²) in [5.74, 6) is 0.547. The number of piperidine rings is 1. The van der Waals surface area contributed by atoms with Crippen molar-refractivity contribution in [2.24, 2.45) is 5.92 Å². The molecule has 1 aromatic carbocycles. The van der Waals surface area contributed by atoms with Gasteiger partial charge in [0.15, 0.2) is 0 Å². The van der Waals surface area contributed by atoms with E-state index in [2.05, 4.69) is 0 Å². The first-order valence-electron chi connectivity index (χ1n) is 6.79. The molecule has 1 aromatic rings. The molecule has 0 radical (unpaired) electrons. The minimum Gasteiger partial charge on any atom is -0.398 e. The van der Waals surface area contributed by atoms with Crippen molar-refractivity contribution in [1.82, 2.24) is 4.31 Å². The van der Waals surface area contributed by atoms with E-state index in [9.17, 15) is 8.42 Å². The smallest absolute Gasteiger partial charge is 0.245 e. The highest BCUT2D eigenvalue weighted by atomic mass is 32.2. The topological polar surface area (TPSA) is 63.4 Å². The molecule has 1 heterocycles. The average molecular weight is 280 g/mol. The van der Waals surface area contributed by atoms with Crippen molar-refractivity contribution in [3.63, 3.8) is 0 Å². The number of nitrogen functional groups attached to an aromatic ring is 1. The van der Waals surface area contributed by atoms with Crippen LogP contribution >= 0.6 is 0 Å². The maximum Gasteiger partial charge on any atom is 0.245 e. The summed E-state index contributed by atoms with van der Waals surface area (Å²) in [6.07, 6.45) is 3.18. The van der Waals surface area contributed by atoms with Crippen LogP contribution in [0.3, 0.4) is 0 Å².